The van der Waals surface area contributed by atoms with Crippen molar-refractivity contribution in [2.75, 3.05) is 18.6 Å². The van der Waals surface area contributed by atoms with Crippen molar-refractivity contribution in [2.24, 2.45) is 5.11 Å². The maximum absolute atomic E-state index is 7.24. The lowest BCUT2D eigenvalue weighted by molar-refractivity contribution is 0.181. The van der Waals surface area contributed by atoms with Gasteiger partial charge in [-0.2, -0.15) is 5.11 Å². The number of nitrogens with zero attached hydrogens (tertiary/aromatic N) is 2. The molecular formula is C15H24ClN3O. The summed E-state index contributed by atoms with van der Waals surface area (Å²) in [5.41, 5.74) is 9.98. The normalized spacial score (nSPS) is 13.8. The Hall–Kier alpha value is -1.13. The van der Waals surface area contributed by atoms with Gasteiger partial charge in [-0.05, 0) is 44.0 Å². The number of anilines is 1. The molecule has 2 unspecified atom stereocenters. The number of benzene rings is 1. The molecule has 0 bridgehead atoms. The predicted molar refractivity (Wildman–Crippen MR) is 84.4 cm³/mol. The molecule has 0 fully saturated rings. The number of rotatable bonds is 8. The number of nitrogens with one attached hydrogen (secondary N) is 1. The first-order chi connectivity index (χ1) is 9.54. The second-order valence-corrected chi connectivity index (χ2v) is 5.59. The summed E-state index contributed by atoms with van der Waals surface area (Å²) in [5, 5.41) is 3.59. The Bertz CT molecular complexity index is 437. The van der Waals surface area contributed by atoms with Crippen LogP contribution < -0.4 is 4.90 Å². The molecule has 0 saturated carbocycles. The lowest BCUT2D eigenvalue weighted by Crippen LogP contribution is -2.40. The minimum absolute atomic E-state index is 0.131. The average Bonchev–Trinajstić information content (AvgIpc) is 2.39. The molecular weight excluding hydrogens is 274 g/mol. The number of methoxy groups -OCH3 is 1. The van der Waals surface area contributed by atoms with E-state index in [0.29, 0.717) is 6.61 Å². The second-order valence-electron chi connectivity index (χ2n) is 4.96. The van der Waals surface area contributed by atoms with Crippen LogP contribution in [-0.2, 0) is 11.2 Å². The molecule has 20 heavy (non-hydrogen) atoms. The number of hydrogen-bond donors (Lipinski definition) is 1. The fourth-order valence-corrected chi connectivity index (χ4v) is 2.75. The summed E-state index contributed by atoms with van der Waals surface area (Å²) in [6.07, 6.45) is 1.94. The molecule has 1 aromatic rings. The zero-order valence-corrected chi connectivity index (χ0v) is 13.4. The Morgan fingerprint density at radius 3 is 2.60 bits per heavy atom. The molecule has 0 radical (unpaired) electrons. The van der Waals surface area contributed by atoms with E-state index in [-0.39, 0.29) is 11.5 Å². The highest BCUT2D eigenvalue weighted by atomic mass is 35.5. The van der Waals surface area contributed by atoms with Crippen LogP contribution in [0.3, 0.4) is 0 Å². The maximum atomic E-state index is 7.24. The fourth-order valence-electron chi connectivity index (χ4n) is 2.44. The summed E-state index contributed by atoms with van der Waals surface area (Å²) in [6, 6.07) is 6.12. The Morgan fingerprint density at radius 2 is 2.10 bits per heavy atom. The zero-order valence-electron chi connectivity index (χ0n) is 12.7. The first kappa shape index (κ1) is 16.9. The fraction of sp³-hybridized carbons (Fsp3) is 0.600. The SMILES string of the molecule is CCCc1cc(N(C(C)Cl)C(C)COC)ccc1N=N. The van der Waals surface area contributed by atoms with Crippen molar-refractivity contribution < 1.29 is 4.74 Å². The van der Waals surface area contributed by atoms with E-state index in [1.54, 1.807) is 7.11 Å². The Balaban J connectivity index is 3.13. The molecule has 0 aliphatic rings. The van der Waals surface area contributed by atoms with Gasteiger partial charge in [0.2, 0.25) is 0 Å². The molecule has 1 N–H and O–H groups in total. The number of ether oxygens (including phenoxy) is 1. The van der Waals surface area contributed by atoms with Crippen LogP contribution >= 0.6 is 11.6 Å². The van der Waals surface area contributed by atoms with Crippen molar-refractivity contribution in [1.82, 2.24) is 0 Å². The molecule has 0 aliphatic heterocycles. The third-order valence-electron chi connectivity index (χ3n) is 3.27. The van der Waals surface area contributed by atoms with Crippen LogP contribution in [0.1, 0.15) is 32.8 Å². The van der Waals surface area contributed by atoms with Gasteiger partial charge in [-0.15, -0.1) is 0 Å². The smallest absolute Gasteiger partial charge is 0.101 e. The molecule has 0 spiro atoms. The molecule has 2 atom stereocenters. The van der Waals surface area contributed by atoms with E-state index in [2.05, 4.69) is 29.9 Å². The summed E-state index contributed by atoms with van der Waals surface area (Å²) < 4.78 is 5.23. The van der Waals surface area contributed by atoms with Gasteiger partial charge in [0.1, 0.15) is 5.50 Å². The lowest BCUT2D eigenvalue weighted by atomic mass is 10.1. The summed E-state index contributed by atoms with van der Waals surface area (Å²) in [7, 11) is 1.69. The lowest BCUT2D eigenvalue weighted by Gasteiger charge is -2.33. The minimum Gasteiger partial charge on any atom is -0.383 e. The van der Waals surface area contributed by atoms with Gasteiger partial charge >= 0.3 is 0 Å². The van der Waals surface area contributed by atoms with Crippen LogP contribution in [0.25, 0.3) is 0 Å². The Morgan fingerprint density at radius 1 is 1.40 bits per heavy atom. The van der Waals surface area contributed by atoms with Crippen molar-refractivity contribution in [1.29, 1.82) is 5.53 Å². The first-order valence-electron chi connectivity index (χ1n) is 6.96. The number of halogens is 1. The molecule has 0 aromatic heterocycles. The maximum Gasteiger partial charge on any atom is 0.101 e. The highest BCUT2D eigenvalue weighted by molar-refractivity contribution is 6.21. The van der Waals surface area contributed by atoms with E-state index in [9.17, 15) is 0 Å². The van der Waals surface area contributed by atoms with Gasteiger partial charge in [0.15, 0.2) is 0 Å². The van der Waals surface area contributed by atoms with Gasteiger partial charge in [-0.25, -0.2) is 5.53 Å². The van der Waals surface area contributed by atoms with Crippen molar-refractivity contribution in [3.8, 4) is 0 Å². The summed E-state index contributed by atoms with van der Waals surface area (Å²) >= 11 is 6.32. The summed E-state index contributed by atoms with van der Waals surface area (Å²) in [4.78, 5) is 2.12. The highest BCUT2D eigenvalue weighted by Gasteiger charge is 2.20. The van der Waals surface area contributed by atoms with E-state index >= 15 is 0 Å². The van der Waals surface area contributed by atoms with Crippen molar-refractivity contribution in [3.05, 3.63) is 23.8 Å². The van der Waals surface area contributed by atoms with Gasteiger partial charge in [0.05, 0.1) is 18.3 Å². The Labute approximate surface area is 126 Å². The van der Waals surface area contributed by atoms with Gasteiger partial charge < -0.3 is 9.64 Å². The average molecular weight is 298 g/mol. The van der Waals surface area contributed by atoms with Crippen LogP contribution in [0.5, 0.6) is 0 Å². The van der Waals surface area contributed by atoms with Crippen LogP contribution in [0.2, 0.25) is 0 Å². The van der Waals surface area contributed by atoms with Gasteiger partial charge in [-0.1, -0.05) is 24.9 Å². The van der Waals surface area contributed by atoms with E-state index in [1.165, 1.54) is 0 Å². The molecule has 0 saturated heterocycles. The summed E-state index contributed by atoms with van der Waals surface area (Å²) in [5.74, 6) is 0. The second kappa shape index (κ2) is 8.22. The van der Waals surface area contributed by atoms with Crippen molar-refractivity contribution in [2.45, 2.75) is 45.2 Å². The molecule has 112 valence electrons. The monoisotopic (exact) mass is 297 g/mol. The van der Waals surface area contributed by atoms with Crippen LogP contribution in [0, 0.1) is 5.53 Å². The molecule has 1 rings (SSSR count). The van der Waals surface area contributed by atoms with E-state index in [1.807, 2.05) is 19.1 Å². The predicted octanol–water partition coefficient (Wildman–Crippen LogP) is 4.73. The van der Waals surface area contributed by atoms with Crippen molar-refractivity contribution in [3.63, 3.8) is 0 Å². The Kier molecular flexibility index (Phi) is 6.96. The number of aryl methyl sites for hydroxylation is 1. The van der Waals surface area contributed by atoms with Gasteiger partial charge in [-0.3, -0.25) is 0 Å². The van der Waals surface area contributed by atoms with E-state index in [0.717, 1.165) is 29.8 Å². The molecule has 4 nitrogen and oxygen atoms in total. The molecule has 0 amide bonds. The summed E-state index contributed by atoms with van der Waals surface area (Å²) in [6.45, 7) is 6.78. The standard InChI is InChI=1S/C15H24ClN3O/c1-5-6-13-9-14(7-8-15(13)18-17)19(12(3)16)11(2)10-20-4/h7-9,11-12,17H,5-6,10H2,1-4H3. The zero-order chi connectivity index (χ0) is 15.1. The topological polar surface area (TPSA) is 48.7 Å². The quantitative estimate of drug-likeness (QED) is 0.428. The number of alkyl halides is 1. The third kappa shape index (κ3) is 4.18. The molecule has 0 aliphatic carbocycles. The van der Waals surface area contributed by atoms with Crippen LogP contribution in [0.15, 0.2) is 23.3 Å². The van der Waals surface area contributed by atoms with E-state index < -0.39 is 0 Å². The van der Waals surface area contributed by atoms with E-state index in [4.69, 9.17) is 21.9 Å². The minimum atomic E-state index is -0.131. The third-order valence-corrected chi connectivity index (χ3v) is 3.48. The van der Waals surface area contributed by atoms with Gasteiger partial charge in [0.25, 0.3) is 0 Å². The van der Waals surface area contributed by atoms with Crippen molar-refractivity contribution >= 4 is 23.0 Å². The molecule has 1 aromatic carbocycles. The largest absolute Gasteiger partial charge is 0.383 e. The van der Waals surface area contributed by atoms with Crippen LogP contribution in [-0.4, -0.2) is 25.3 Å². The molecule has 5 heteroatoms. The highest BCUT2D eigenvalue weighted by Crippen LogP contribution is 2.29. The van der Waals surface area contributed by atoms with Crippen LogP contribution in [0.4, 0.5) is 11.4 Å². The van der Waals surface area contributed by atoms with Gasteiger partial charge in [0, 0.05) is 12.8 Å². The first-order valence-corrected chi connectivity index (χ1v) is 7.40. The molecule has 0 heterocycles. The number of hydrogen-bond acceptors (Lipinski definition) is 4.